The fourth-order valence-electron chi connectivity index (χ4n) is 3.94. The highest BCUT2D eigenvalue weighted by Crippen LogP contribution is 2.38. The molecular weight excluding hydrogens is 482 g/mol. The molecule has 0 saturated heterocycles. The van der Waals surface area contributed by atoms with Gasteiger partial charge in [-0.15, -0.1) is 0 Å². The van der Waals surface area contributed by atoms with E-state index < -0.39 is 5.60 Å². The van der Waals surface area contributed by atoms with Gasteiger partial charge in [0.15, 0.2) is 0 Å². The summed E-state index contributed by atoms with van der Waals surface area (Å²) in [5.74, 6) is -0.436. The first-order valence-corrected chi connectivity index (χ1v) is 11.9. The average Bonchev–Trinajstić information content (AvgIpc) is 3.12. The third-order valence-electron chi connectivity index (χ3n) is 5.23. The lowest BCUT2D eigenvalue weighted by Gasteiger charge is -2.22. The van der Waals surface area contributed by atoms with Crippen molar-refractivity contribution >= 4 is 28.2 Å². The topological polar surface area (TPSA) is 74.1 Å². The van der Waals surface area contributed by atoms with Crippen LogP contribution in [0.5, 0.6) is 0 Å². The van der Waals surface area contributed by atoms with E-state index in [2.05, 4.69) is 20.9 Å². The Morgan fingerprint density at radius 3 is 2.48 bits per heavy atom. The summed E-state index contributed by atoms with van der Waals surface area (Å²) in [6, 6.07) is 13.8. The van der Waals surface area contributed by atoms with Crippen molar-refractivity contribution in [2.75, 3.05) is 0 Å². The molecule has 2 aromatic heterocycles. The van der Waals surface area contributed by atoms with Crippen LogP contribution in [0.25, 0.3) is 11.4 Å². The molecule has 174 valence electrons. The first-order chi connectivity index (χ1) is 15.7. The van der Waals surface area contributed by atoms with Gasteiger partial charge in [0.25, 0.3) is 0 Å². The van der Waals surface area contributed by atoms with Crippen LogP contribution in [-0.2, 0) is 27.3 Å². The third kappa shape index (κ3) is 6.38. The standard InChI is InChI=1S/C26H30BrN3O3/c1-5-30-22(17-23(32)33-26(2,3)4)24(25(29-30)21-10-6-7-15-28-21)20(9-8-16-31)18-11-13-19(27)14-12-18/h6-7,10-16,20H,5,8-9,17H2,1-4H3. The van der Waals surface area contributed by atoms with Gasteiger partial charge in [-0.2, -0.15) is 5.10 Å². The molecule has 33 heavy (non-hydrogen) atoms. The molecular formula is C26H30BrN3O3. The van der Waals surface area contributed by atoms with Crippen molar-refractivity contribution in [1.82, 2.24) is 14.8 Å². The fourth-order valence-corrected chi connectivity index (χ4v) is 4.20. The summed E-state index contributed by atoms with van der Waals surface area (Å²) in [5.41, 5.74) is 3.66. The maximum absolute atomic E-state index is 12.9. The Bertz CT molecular complexity index is 1090. The zero-order valence-electron chi connectivity index (χ0n) is 19.5. The smallest absolute Gasteiger partial charge is 0.312 e. The monoisotopic (exact) mass is 511 g/mol. The molecule has 3 aromatic rings. The minimum absolute atomic E-state index is 0.0917. The largest absolute Gasteiger partial charge is 0.460 e. The molecule has 2 heterocycles. The lowest BCUT2D eigenvalue weighted by molar-refractivity contribution is -0.154. The Morgan fingerprint density at radius 1 is 1.18 bits per heavy atom. The summed E-state index contributed by atoms with van der Waals surface area (Å²) < 4.78 is 8.47. The molecule has 1 aromatic carbocycles. The summed E-state index contributed by atoms with van der Waals surface area (Å²) in [7, 11) is 0. The van der Waals surface area contributed by atoms with Crippen molar-refractivity contribution in [1.29, 1.82) is 0 Å². The van der Waals surface area contributed by atoms with Crippen LogP contribution in [-0.4, -0.2) is 32.6 Å². The zero-order valence-corrected chi connectivity index (χ0v) is 21.1. The van der Waals surface area contributed by atoms with E-state index >= 15 is 0 Å². The van der Waals surface area contributed by atoms with E-state index in [0.29, 0.717) is 19.4 Å². The maximum atomic E-state index is 12.9. The van der Waals surface area contributed by atoms with Crippen LogP contribution in [0.4, 0.5) is 0 Å². The van der Waals surface area contributed by atoms with Crippen LogP contribution >= 0.6 is 15.9 Å². The van der Waals surface area contributed by atoms with E-state index in [0.717, 1.165) is 39.0 Å². The zero-order chi connectivity index (χ0) is 24.0. The number of aromatic nitrogens is 3. The van der Waals surface area contributed by atoms with Gasteiger partial charge in [-0.05, 0) is 63.9 Å². The van der Waals surface area contributed by atoms with Gasteiger partial charge in [0.05, 0.1) is 17.8 Å². The molecule has 0 radical (unpaired) electrons. The summed E-state index contributed by atoms with van der Waals surface area (Å²) in [4.78, 5) is 28.8. The van der Waals surface area contributed by atoms with Crippen molar-refractivity contribution in [3.8, 4) is 11.4 Å². The Hall–Kier alpha value is -2.80. The van der Waals surface area contributed by atoms with Crippen molar-refractivity contribution in [3.63, 3.8) is 0 Å². The molecule has 0 aliphatic rings. The highest BCUT2D eigenvalue weighted by molar-refractivity contribution is 9.10. The van der Waals surface area contributed by atoms with Gasteiger partial charge in [0.2, 0.25) is 0 Å². The summed E-state index contributed by atoms with van der Waals surface area (Å²) in [6.07, 6.45) is 3.75. The number of benzene rings is 1. The van der Waals surface area contributed by atoms with Crippen LogP contribution in [0.2, 0.25) is 0 Å². The van der Waals surface area contributed by atoms with E-state index in [4.69, 9.17) is 9.84 Å². The number of carbonyl (C=O) groups excluding carboxylic acids is 2. The first kappa shape index (κ1) is 24.8. The highest BCUT2D eigenvalue weighted by Gasteiger charge is 2.29. The number of pyridine rings is 1. The van der Waals surface area contributed by atoms with Crippen LogP contribution in [0.1, 0.15) is 63.3 Å². The normalized spacial score (nSPS) is 12.4. The van der Waals surface area contributed by atoms with Gasteiger partial charge in [-0.25, -0.2) is 0 Å². The summed E-state index contributed by atoms with van der Waals surface area (Å²) in [6.45, 7) is 8.17. The fraction of sp³-hybridized carbons (Fsp3) is 0.385. The highest BCUT2D eigenvalue weighted by atomic mass is 79.9. The SMILES string of the molecule is CCn1nc(-c2ccccn2)c(C(CCC=O)c2ccc(Br)cc2)c1CC(=O)OC(C)(C)C. The van der Waals surface area contributed by atoms with E-state index in [-0.39, 0.29) is 18.3 Å². The molecule has 1 unspecified atom stereocenters. The van der Waals surface area contributed by atoms with Gasteiger partial charge < -0.3 is 9.53 Å². The van der Waals surface area contributed by atoms with Crippen molar-refractivity contribution < 1.29 is 14.3 Å². The molecule has 0 bridgehead atoms. The molecule has 0 N–H and O–H groups in total. The minimum Gasteiger partial charge on any atom is -0.460 e. The third-order valence-corrected chi connectivity index (χ3v) is 5.76. The quantitative estimate of drug-likeness (QED) is 0.271. The van der Waals surface area contributed by atoms with E-state index in [1.54, 1.807) is 6.20 Å². The van der Waals surface area contributed by atoms with E-state index in [1.807, 2.05) is 74.8 Å². The van der Waals surface area contributed by atoms with Gasteiger partial charge in [-0.3, -0.25) is 14.5 Å². The molecule has 0 amide bonds. The first-order valence-electron chi connectivity index (χ1n) is 11.2. The number of ether oxygens (including phenoxy) is 1. The van der Waals surface area contributed by atoms with Gasteiger partial charge in [0.1, 0.15) is 17.6 Å². The predicted molar refractivity (Wildman–Crippen MR) is 132 cm³/mol. The molecule has 0 aliphatic carbocycles. The number of aldehydes is 1. The lowest BCUT2D eigenvalue weighted by atomic mass is 9.84. The molecule has 3 rings (SSSR count). The Labute approximate surface area is 203 Å². The molecule has 7 heteroatoms. The van der Waals surface area contributed by atoms with Crippen molar-refractivity contribution in [2.24, 2.45) is 0 Å². The number of hydrogen-bond donors (Lipinski definition) is 0. The molecule has 0 saturated carbocycles. The lowest BCUT2D eigenvalue weighted by Crippen LogP contribution is -2.26. The summed E-state index contributed by atoms with van der Waals surface area (Å²) in [5, 5.41) is 4.87. The number of carbonyl (C=O) groups is 2. The number of aryl methyl sites for hydroxylation is 1. The second-order valence-electron chi connectivity index (χ2n) is 8.85. The molecule has 6 nitrogen and oxygen atoms in total. The number of rotatable bonds is 9. The van der Waals surface area contributed by atoms with Crippen molar-refractivity contribution in [2.45, 2.75) is 65.0 Å². The summed E-state index contributed by atoms with van der Waals surface area (Å²) >= 11 is 3.50. The van der Waals surface area contributed by atoms with Gasteiger partial charge in [0, 0.05) is 35.1 Å². The maximum Gasteiger partial charge on any atom is 0.312 e. The average molecular weight is 512 g/mol. The second-order valence-corrected chi connectivity index (χ2v) is 9.77. The van der Waals surface area contributed by atoms with Gasteiger partial charge >= 0.3 is 5.97 Å². The number of halogens is 1. The van der Waals surface area contributed by atoms with Crippen LogP contribution < -0.4 is 0 Å². The number of hydrogen-bond acceptors (Lipinski definition) is 5. The van der Waals surface area contributed by atoms with Gasteiger partial charge in [-0.1, -0.05) is 34.1 Å². The van der Waals surface area contributed by atoms with Crippen LogP contribution in [0.3, 0.4) is 0 Å². The number of esters is 1. The minimum atomic E-state index is -0.583. The second kappa shape index (κ2) is 10.9. The molecule has 0 aliphatic heterocycles. The Morgan fingerprint density at radius 2 is 1.91 bits per heavy atom. The molecule has 1 atom stereocenters. The molecule has 0 spiro atoms. The van der Waals surface area contributed by atoms with E-state index in [1.165, 1.54) is 0 Å². The van der Waals surface area contributed by atoms with Crippen LogP contribution in [0, 0.1) is 0 Å². The van der Waals surface area contributed by atoms with Crippen molar-refractivity contribution in [3.05, 3.63) is 70.0 Å². The Balaban J connectivity index is 2.21. The van der Waals surface area contributed by atoms with E-state index in [9.17, 15) is 9.59 Å². The predicted octanol–water partition coefficient (Wildman–Crippen LogP) is 5.72. The van der Waals surface area contributed by atoms with Crippen LogP contribution in [0.15, 0.2) is 53.1 Å². The number of nitrogens with zero attached hydrogens (tertiary/aromatic N) is 3. The Kier molecular flexibility index (Phi) is 8.19. The molecule has 0 fully saturated rings.